The normalized spacial score (nSPS) is 20.0. The third-order valence-electron chi connectivity index (χ3n) is 4.45. The summed E-state index contributed by atoms with van der Waals surface area (Å²) >= 11 is 0. The molecule has 1 fully saturated rings. The summed E-state index contributed by atoms with van der Waals surface area (Å²) in [6.07, 6.45) is 2.75. The van der Waals surface area contributed by atoms with Gasteiger partial charge in [0.1, 0.15) is 5.58 Å². The van der Waals surface area contributed by atoms with Gasteiger partial charge in [0.05, 0.1) is 4.90 Å². The molecule has 6 nitrogen and oxygen atoms in total. The lowest BCUT2D eigenvalue weighted by molar-refractivity contribution is 0.0664. The van der Waals surface area contributed by atoms with Crippen LogP contribution in [0.25, 0.3) is 11.0 Å². The van der Waals surface area contributed by atoms with E-state index in [1.165, 1.54) is 22.5 Å². The van der Waals surface area contributed by atoms with Crippen molar-refractivity contribution < 1.29 is 22.7 Å². The summed E-state index contributed by atoms with van der Waals surface area (Å²) in [7, 11) is -3.59. The number of aryl methyl sites for hydroxylation is 1. The molecule has 0 aliphatic carbocycles. The molecule has 1 unspecified atom stereocenters. The van der Waals surface area contributed by atoms with Crippen molar-refractivity contribution in [3.8, 4) is 0 Å². The first-order chi connectivity index (χ1) is 10.8. The third-order valence-corrected chi connectivity index (χ3v) is 6.46. The molecule has 23 heavy (non-hydrogen) atoms. The highest BCUT2D eigenvalue weighted by Gasteiger charge is 2.31. The number of hydrogen-bond acceptors (Lipinski definition) is 4. The molecule has 0 saturated carbocycles. The zero-order chi connectivity index (χ0) is 16.8. The van der Waals surface area contributed by atoms with Gasteiger partial charge < -0.3 is 9.52 Å². The molecule has 0 radical (unpaired) electrons. The van der Waals surface area contributed by atoms with Gasteiger partial charge in [-0.3, -0.25) is 0 Å². The number of rotatable bonds is 3. The Morgan fingerprint density at radius 2 is 2.09 bits per heavy atom. The quantitative estimate of drug-likeness (QED) is 0.930. The molecular formula is C16H19NO5S. The van der Waals surface area contributed by atoms with Crippen LogP contribution < -0.4 is 0 Å². The van der Waals surface area contributed by atoms with Crippen LogP contribution in [0.3, 0.4) is 0 Å². The Hall–Kier alpha value is -1.86. The maximum absolute atomic E-state index is 12.9. The second kappa shape index (κ2) is 5.65. The Bertz CT molecular complexity index is 868. The summed E-state index contributed by atoms with van der Waals surface area (Å²) < 4.78 is 32.6. The van der Waals surface area contributed by atoms with Gasteiger partial charge >= 0.3 is 5.97 Å². The molecular weight excluding hydrogens is 318 g/mol. The Morgan fingerprint density at radius 1 is 1.35 bits per heavy atom. The largest absolute Gasteiger partial charge is 0.475 e. The summed E-state index contributed by atoms with van der Waals surface area (Å²) in [5.41, 5.74) is 0.821. The maximum Gasteiger partial charge on any atom is 0.372 e. The second-order valence-corrected chi connectivity index (χ2v) is 7.87. The Balaban J connectivity index is 2.09. The zero-order valence-corrected chi connectivity index (χ0v) is 13.9. The number of hydrogen-bond donors (Lipinski definition) is 1. The molecule has 1 aromatic carbocycles. The van der Waals surface area contributed by atoms with Crippen molar-refractivity contribution in [1.82, 2.24) is 4.31 Å². The van der Waals surface area contributed by atoms with Gasteiger partial charge in [-0.25, -0.2) is 13.2 Å². The first-order valence-electron chi connectivity index (χ1n) is 7.60. The van der Waals surface area contributed by atoms with Crippen LogP contribution in [0.4, 0.5) is 0 Å². The van der Waals surface area contributed by atoms with E-state index >= 15 is 0 Å². The number of fused-ring (bicyclic) bond motifs is 1. The Morgan fingerprint density at radius 3 is 2.74 bits per heavy atom. The monoisotopic (exact) mass is 337 g/mol. The number of sulfonamides is 1. The third kappa shape index (κ3) is 2.64. The van der Waals surface area contributed by atoms with Crippen LogP contribution in [0.5, 0.6) is 0 Å². The fourth-order valence-electron chi connectivity index (χ4n) is 3.13. The SMILES string of the molecule is Cc1c(C(=O)O)oc2ccc(S(=O)(=O)N3CCCCC3C)cc12. The van der Waals surface area contributed by atoms with Gasteiger partial charge in [-0.15, -0.1) is 0 Å². The summed E-state index contributed by atoms with van der Waals surface area (Å²) in [4.78, 5) is 11.3. The van der Waals surface area contributed by atoms with Crippen molar-refractivity contribution in [2.24, 2.45) is 0 Å². The standard InChI is InChI=1S/C16H19NO5S/c1-10-5-3-4-8-17(10)23(20,21)12-6-7-14-13(9-12)11(2)15(22-14)16(18)19/h6-7,9-10H,3-5,8H2,1-2H3,(H,18,19). The molecule has 3 rings (SSSR count). The van der Waals surface area contributed by atoms with Gasteiger partial charge in [-0.2, -0.15) is 4.31 Å². The number of benzene rings is 1. The summed E-state index contributed by atoms with van der Waals surface area (Å²) in [6, 6.07) is 4.49. The lowest BCUT2D eigenvalue weighted by Crippen LogP contribution is -2.41. The van der Waals surface area contributed by atoms with Crippen molar-refractivity contribution in [3.63, 3.8) is 0 Å². The average Bonchev–Trinajstić information content (AvgIpc) is 2.84. The van der Waals surface area contributed by atoms with E-state index in [-0.39, 0.29) is 16.7 Å². The summed E-state index contributed by atoms with van der Waals surface area (Å²) in [6.45, 7) is 4.06. The number of aromatic carboxylic acids is 1. The number of furan rings is 1. The predicted molar refractivity (Wildman–Crippen MR) is 85.1 cm³/mol. The zero-order valence-electron chi connectivity index (χ0n) is 13.1. The van der Waals surface area contributed by atoms with E-state index < -0.39 is 16.0 Å². The lowest BCUT2D eigenvalue weighted by atomic mass is 10.1. The molecule has 1 aliphatic heterocycles. The fourth-order valence-corrected chi connectivity index (χ4v) is 4.85. The van der Waals surface area contributed by atoms with Crippen molar-refractivity contribution in [3.05, 3.63) is 29.5 Å². The van der Waals surface area contributed by atoms with Crippen LogP contribution in [0.15, 0.2) is 27.5 Å². The molecule has 0 spiro atoms. The van der Waals surface area contributed by atoms with E-state index in [1.807, 2.05) is 6.92 Å². The van der Waals surface area contributed by atoms with Crippen molar-refractivity contribution in [1.29, 1.82) is 0 Å². The molecule has 1 saturated heterocycles. The topological polar surface area (TPSA) is 87.8 Å². The Kier molecular flexibility index (Phi) is 3.93. The molecule has 1 aromatic heterocycles. The van der Waals surface area contributed by atoms with Gasteiger partial charge in [0.2, 0.25) is 15.8 Å². The van der Waals surface area contributed by atoms with Gasteiger partial charge in [-0.1, -0.05) is 6.42 Å². The van der Waals surface area contributed by atoms with Crippen LogP contribution in [0.2, 0.25) is 0 Å². The van der Waals surface area contributed by atoms with E-state index in [4.69, 9.17) is 9.52 Å². The van der Waals surface area contributed by atoms with E-state index in [0.29, 0.717) is 23.1 Å². The second-order valence-electron chi connectivity index (χ2n) is 5.98. The van der Waals surface area contributed by atoms with E-state index in [0.717, 1.165) is 19.3 Å². The molecule has 1 N–H and O–H groups in total. The van der Waals surface area contributed by atoms with Crippen molar-refractivity contribution >= 4 is 27.0 Å². The molecule has 1 aliphatic rings. The highest BCUT2D eigenvalue weighted by Crippen LogP contribution is 2.30. The van der Waals surface area contributed by atoms with E-state index in [1.54, 1.807) is 6.92 Å². The van der Waals surface area contributed by atoms with Crippen LogP contribution in [-0.2, 0) is 10.0 Å². The minimum absolute atomic E-state index is 0.0236. The maximum atomic E-state index is 12.9. The minimum atomic E-state index is -3.59. The molecule has 2 heterocycles. The number of nitrogens with zero attached hydrogens (tertiary/aromatic N) is 1. The van der Waals surface area contributed by atoms with Crippen LogP contribution in [-0.4, -0.2) is 36.4 Å². The van der Waals surface area contributed by atoms with Crippen LogP contribution >= 0.6 is 0 Å². The summed E-state index contributed by atoms with van der Waals surface area (Å²) in [5.74, 6) is -1.31. The van der Waals surface area contributed by atoms with Gasteiger partial charge in [0.15, 0.2) is 0 Å². The molecule has 1 atom stereocenters. The molecule has 0 amide bonds. The molecule has 7 heteroatoms. The minimum Gasteiger partial charge on any atom is -0.475 e. The van der Waals surface area contributed by atoms with Gasteiger partial charge in [-0.05, 0) is 44.9 Å². The number of piperidine rings is 1. The van der Waals surface area contributed by atoms with E-state index in [2.05, 4.69) is 0 Å². The van der Waals surface area contributed by atoms with Gasteiger partial charge in [0, 0.05) is 23.5 Å². The molecule has 124 valence electrons. The van der Waals surface area contributed by atoms with E-state index in [9.17, 15) is 13.2 Å². The molecule has 2 aromatic rings. The number of carboxylic acids is 1. The van der Waals surface area contributed by atoms with Crippen molar-refractivity contribution in [2.45, 2.75) is 44.0 Å². The van der Waals surface area contributed by atoms with Gasteiger partial charge in [0.25, 0.3) is 0 Å². The lowest BCUT2D eigenvalue weighted by Gasteiger charge is -2.32. The first kappa shape index (κ1) is 16.0. The first-order valence-corrected chi connectivity index (χ1v) is 9.04. The summed E-state index contributed by atoms with van der Waals surface area (Å²) in [5, 5.41) is 9.64. The van der Waals surface area contributed by atoms with Crippen LogP contribution in [0.1, 0.15) is 42.3 Å². The highest BCUT2D eigenvalue weighted by atomic mass is 32.2. The van der Waals surface area contributed by atoms with Crippen molar-refractivity contribution in [2.75, 3.05) is 6.54 Å². The Labute approximate surface area is 134 Å². The molecule has 0 bridgehead atoms. The predicted octanol–water partition coefficient (Wildman–Crippen LogP) is 3.00. The fraction of sp³-hybridized carbons (Fsp3) is 0.438. The average molecular weight is 337 g/mol. The highest BCUT2D eigenvalue weighted by molar-refractivity contribution is 7.89. The smallest absolute Gasteiger partial charge is 0.372 e. The van der Waals surface area contributed by atoms with Crippen LogP contribution in [0, 0.1) is 6.92 Å². The number of carbonyl (C=O) groups is 1. The number of carboxylic acid groups (broad SMARTS) is 1.